The molecule has 0 aliphatic heterocycles. The summed E-state index contributed by atoms with van der Waals surface area (Å²) in [4.78, 5) is 29.6. The van der Waals surface area contributed by atoms with Gasteiger partial charge in [0.2, 0.25) is 0 Å². The van der Waals surface area contributed by atoms with Gasteiger partial charge in [-0.25, -0.2) is 9.78 Å². The molecule has 0 aliphatic rings. The lowest BCUT2D eigenvalue weighted by atomic mass is 10.5. The van der Waals surface area contributed by atoms with Crippen LogP contribution in [0.5, 0.6) is 0 Å². The van der Waals surface area contributed by atoms with Gasteiger partial charge in [-0.1, -0.05) is 0 Å². The summed E-state index contributed by atoms with van der Waals surface area (Å²) >= 11 is 5.04. The fraction of sp³-hybridized carbons (Fsp3) is 0.375. The van der Waals surface area contributed by atoms with Crippen molar-refractivity contribution in [3.8, 4) is 0 Å². The molecular weight excluding hydrogens is 407 g/mol. The molecule has 2 aromatic rings. The Bertz CT molecular complexity index is 674. The maximum Gasteiger partial charge on any atom is 0.329 e. The highest BCUT2D eigenvalue weighted by atomic mass is 127. The predicted octanol–water partition coefficient (Wildman–Crippen LogP) is 0.552. The van der Waals surface area contributed by atoms with E-state index in [4.69, 9.17) is 3.07 Å². The second kappa shape index (κ2) is 4.90. The number of nitrogens with zero attached hydrogens (tertiary/aromatic N) is 3. The van der Waals surface area contributed by atoms with Crippen LogP contribution in [0.15, 0.2) is 14.3 Å². The third-order valence-corrected chi connectivity index (χ3v) is 3.40. The summed E-state index contributed by atoms with van der Waals surface area (Å²) in [7, 11) is 1.55. The Balaban J connectivity index is 2.78. The van der Waals surface area contributed by atoms with Crippen molar-refractivity contribution in [3.05, 3.63) is 25.6 Å². The van der Waals surface area contributed by atoms with Crippen LogP contribution in [0.4, 0.5) is 0 Å². The highest BCUT2D eigenvalue weighted by molar-refractivity contribution is 14.1. The fourth-order valence-electron chi connectivity index (χ4n) is 1.54. The zero-order chi connectivity index (χ0) is 12.6. The number of nitrogens with one attached hydrogen (secondary N) is 1. The van der Waals surface area contributed by atoms with Gasteiger partial charge in [-0.05, 0) is 15.9 Å². The van der Waals surface area contributed by atoms with Crippen molar-refractivity contribution in [3.63, 3.8) is 0 Å². The van der Waals surface area contributed by atoms with E-state index in [9.17, 15) is 9.59 Å². The first kappa shape index (κ1) is 12.8. The summed E-state index contributed by atoms with van der Waals surface area (Å²) in [5.74, 6) is 0. The van der Waals surface area contributed by atoms with Gasteiger partial charge < -0.3 is 7.63 Å². The van der Waals surface area contributed by atoms with Crippen LogP contribution in [-0.2, 0) is 16.7 Å². The molecule has 2 rings (SSSR count). The lowest BCUT2D eigenvalue weighted by molar-refractivity contribution is 0.394. The number of imidazole rings is 1. The first-order chi connectivity index (χ1) is 8.06. The molecule has 0 radical (unpaired) electrons. The standard InChI is InChI=1S/C8H8BrIN4O3/c1-13-5-4(6(15)12-8(13)16)14(2-3-17-10)7(9)11-5/h2-3H2,1H3,(H,12,15,16). The molecule has 0 saturated carbocycles. The van der Waals surface area contributed by atoms with E-state index in [1.165, 1.54) is 4.57 Å². The third kappa shape index (κ3) is 2.18. The topological polar surface area (TPSA) is 81.9 Å². The first-order valence-corrected chi connectivity index (χ1v) is 6.32. The van der Waals surface area contributed by atoms with Crippen LogP contribution in [0, 0.1) is 0 Å². The van der Waals surface area contributed by atoms with Crippen LogP contribution in [0.1, 0.15) is 0 Å². The molecule has 0 bridgehead atoms. The molecule has 0 spiro atoms. The summed E-state index contributed by atoms with van der Waals surface area (Å²) in [5.41, 5.74) is -0.231. The molecule has 7 nitrogen and oxygen atoms in total. The normalized spacial score (nSPS) is 11.2. The van der Waals surface area contributed by atoms with Crippen molar-refractivity contribution in [1.82, 2.24) is 19.1 Å². The number of aryl methyl sites for hydroxylation is 1. The maximum atomic E-state index is 11.8. The summed E-state index contributed by atoms with van der Waals surface area (Å²) < 4.78 is 8.38. The monoisotopic (exact) mass is 414 g/mol. The third-order valence-electron chi connectivity index (χ3n) is 2.35. The average molecular weight is 415 g/mol. The van der Waals surface area contributed by atoms with Crippen LogP contribution < -0.4 is 11.2 Å². The lowest BCUT2D eigenvalue weighted by Crippen LogP contribution is -2.29. The van der Waals surface area contributed by atoms with Gasteiger partial charge in [0.05, 0.1) is 6.61 Å². The quantitative estimate of drug-likeness (QED) is 0.587. The Hall–Kier alpha value is -0.680. The number of hydrogen-bond acceptors (Lipinski definition) is 4. The molecule has 0 saturated heterocycles. The van der Waals surface area contributed by atoms with E-state index in [2.05, 4.69) is 25.9 Å². The Morgan fingerprint density at radius 1 is 1.53 bits per heavy atom. The average Bonchev–Trinajstić information content (AvgIpc) is 2.61. The Kier molecular flexibility index (Phi) is 3.68. The SMILES string of the molecule is Cn1c(=O)[nH]c(=O)c2c1nc(Br)n2CCOI. The van der Waals surface area contributed by atoms with E-state index in [1.54, 1.807) is 34.6 Å². The molecule has 2 aromatic heterocycles. The Morgan fingerprint density at radius 2 is 2.24 bits per heavy atom. The molecule has 2 heterocycles. The van der Waals surface area contributed by atoms with Crippen molar-refractivity contribution in [2.75, 3.05) is 6.61 Å². The largest absolute Gasteiger partial charge is 0.329 e. The van der Waals surface area contributed by atoms with Crippen molar-refractivity contribution >= 4 is 50.1 Å². The van der Waals surface area contributed by atoms with Crippen molar-refractivity contribution in [1.29, 1.82) is 0 Å². The first-order valence-electron chi connectivity index (χ1n) is 4.65. The molecule has 0 atom stereocenters. The van der Waals surface area contributed by atoms with E-state index < -0.39 is 11.2 Å². The number of aromatic nitrogens is 4. The molecule has 0 unspecified atom stereocenters. The van der Waals surface area contributed by atoms with Gasteiger partial charge >= 0.3 is 5.69 Å². The summed E-state index contributed by atoms with van der Waals surface area (Å²) in [6.07, 6.45) is 0. The fourth-order valence-corrected chi connectivity index (χ4v) is 2.26. The molecule has 1 N–H and O–H groups in total. The molecule has 0 aliphatic carbocycles. The Labute approximate surface area is 118 Å². The van der Waals surface area contributed by atoms with Crippen LogP contribution in [-0.4, -0.2) is 25.7 Å². The minimum Gasteiger partial charge on any atom is -0.314 e. The molecule has 9 heteroatoms. The number of halogens is 2. The predicted molar refractivity (Wildman–Crippen MR) is 73.3 cm³/mol. The summed E-state index contributed by atoms with van der Waals surface area (Å²) in [6, 6.07) is 0. The van der Waals surface area contributed by atoms with E-state index in [0.717, 1.165) is 0 Å². The molecule has 17 heavy (non-hydrogen) atoms. The second-order valence-corrected chi connectivity index (χ2v) is 4.67. The minimum atomic E-state index is -0.482. The van der Waals surface area contributed by atoms with Gasteiger partial charge in [-0.15, -0.1) is 0 Å². The van der Waals surface area contributed by atoms with E-state index >= 15 is 0 Å². The number of aromatic amines is 1. The number of H-pyrrole nitrogens is 1. The van der Waals surface area contributed by atoms with Gasteiger partial charge in [0.15, 0.2) is 15.9 Å². The van der Waals surface area contributed by atoms with Crippen molar-refractivity contribution < 1.29 is 3.07 Å². The lowest BCUT2D eigenvalue weighted by Gasteiger charge is -2.03. The van der Waals surface area contributed by atoms with Gasteiger partial charge in [0, 0.05) is 13.6 Å². The minimum absolute atomic E-state index is 0.346. The number of fused-ring (bicyclic) bond motifs is 1. The molecule has 0 amide bonds. The highest BCUT2D eigenvalue weighted by Gasteiger charge is 2.15. The molecule has 0 fully saturated rings. The van der Waals surface area contributed by atoms with Crippen LogP contribution in [0.3, 0.4) is 0 Å². The zero-order valence-corrected chi connectivity index (χ0v) is 12.5. The smallest absolute Gasteiger partial charge is 0.314 e. The van der Waals surface area contributed by atoms with Crippen LogP contribution in [0.2, 0.25) is 0 Å². The molecule has 0 aromatic carbocycles. The number of rotatable bonds is 3. The van der Waals surface area contributed by atoms with E-state index in [1.807, 2.05) is 0 Å². The molecular formula is C8H8BrIN4O3. The van der Waals surface area contributed by atoms with E-state index in [-0.39, 0.29) is 0 Å². The molecule has 92 valence electrons. The summed E-state index contributed by atoms with van der Waals surface area (Å²) in [5, 5.41) is 0. The maximum absolute atomic E-state index is 11.8. The van der Waals surface area contributed by atoms with Crippen molar-refractivity contribution in [2.24, 2.45) is 7.05 Å². The second-order valence-electron chi connectivity index (χ2n) is 3.34. The Morgan fingerprint density at radius 3 is 2.88 bits per heavy atom. The van der Waals surface area contributed by atoms with Gasteiger partial charge in [-0.3, -0.25) is 14.3 Å². The van der Waals surface area contributed by atoms with E-state index in [0.29, 0.717) is 29.0 Å². The van der Waals surface area contributed by atoms with Crippen LogP contribution in [0.25, 0.3) is 11.2 Å². The van der Waals surface area contributed by atoms with Gasteiger partial charge in [0.25, 0.3) is 5.56 Å². The van der Waals surface area contributed by atoms with Crippen LogP contribution >= 0.6 is 38.9 Å². The highest BCUT2D eigenvalue weighted by Crippen LogP contribution is 2.15. The van der Waals surface area contributed by atoms with Gasteiger partial charge in [0.1, 0.15) is 23.0 Å². The van der Waals surface area contributed by atoms with Gasteiger partial charge in [-0.2, -0.15) is 0 Å². The number of hydrogen-bond donors (Lipinski definition) is 1. The van der Waals surface area contributed by atoms with Crippen molar-refractivity contribution in [2.45, 2.75) is 6.54 Å². The summed E-state index contributed by atoms with van der Waals surface area (Å²) in [6.45, 7) is 0.911. The zero-order valence-electron chi connectivity index (χ0n) is 8.74.